The van der Waals surface area contributed by atoms with Gasteiger partial charge in [-0.05, 0) is 65.1 Å². The first-order valence-electron chi connectivity index (χ1n) is 7.27. The standard InChI is InChI=1S/C15H19BrN2O2/c16-15-12(2-1-3-14(15)18(19)20)8-17-9-13-7-10-4-5-11(13)6-10/h1-3,10-11,13,17H,4-9H2. The van der Waals surface area contributed by atoms with Crippen LogP contribution in [0.3, 0.4) is 0 Å². The zero-order chi connectivity index (χ0) is 14.1. The van der Waals surface area contributed by atoms with Gasteiger partial charge in [-0.25, -0.2) is 0 Å². The van der Waals surface area contributed by atoms with Crippen molar-refractivity contribution in [1.82, 2.24) is 5.32 Å². The predicted molar refractivity (Wildman–Crippen MR) is 81.4 cm³/mol. The molecule has 4 nitrogen and oxygen atoms in total. The van der Waals surface area contributed by atoms with Gasteiger partial charge in [-0.15, -0.1) is 0 Å². The summed E-state index contributed by atoms with van der Waals surface area (Å²) in [6.07, 6.45) is 5.62. The number of hydrogen-bond donors (Lipinski definition) is 1. The molecule has 0 heterocycles. The summed E-state index contributed by atoms with van der Waals surface area (Å²) in [7, 11) is 0. The Morgan fingerprint density at radius 1 is 1.35 bits per heavy atom. The van der Waals surface area contributed by atoms with Crippen molar-refractivity contribution >= 4 is 21.6 Å². The Hall–Kier alpha value is -0.940. The molecule has 0 aromatic heterocycles. The van der Waals surface area contributed by atoms with Crippen LogP contribution < -0.4 is 5.32 Å². The Kier molecular flexibility index (Phi) is 4.08. The summed E-state index contributed by atoms with van der Waals surface area (Å²) in [6, 6.07) is 5.21. The third kappa shape index (κ3) is 2.74. The highest BCUT2D eigenvalue weighted by Gasteiger charge is 2.38. The van der Waals surface area contributed by atoms with Crippen molar-refractivity contribution in [3.05, 3.63) is 38.3 Å². The summed E-state index contributed by atoms with van der Waals surface area (Å²) >= 11 is 3.35. The van der Waals surface area contributed by atoms with Crippen LogP contribution in [-0.2, 0) is 6.54 Å². The van der Waals surface area contributed by atoms with E-state index in [1.54, 1.807) is 6.07 Å². The molecular weight excluding hydrogens is 320 g/mol. The molecule has 1 aromatic carbocycles. The Morgan fingerprint density at radius 2 is 2.20 bits per heavy atom. The van der Waals surface area contributed by atoms with Gasteiger partial charge >= 0.3 is 0 Å². The number of halogens is 1. The molecule has 0 saturated heterocycles. The minimum atomic E-state index is -0.344. The molecule has 20 heavy (non-hydrogen) atoms. The van der Waals surface area contributed by atoms with Gasteiger partial charge in [-0.1, -0.05) is 18.6 Å². The lowest BCUT2D eigenvalue weighted by molar-refractivity contribution is -0.385. The van der Waals surface area contributed by atoms with Crippen molar-refractivity contribution in [3.63, 3.8) is 0 Å². The molecule has 2 aliphatic rings. The van der Waals surface area contributed by atoms with Crippen molar-refractivity contribution in [2.75, 3.05) is 6.54 Å². The summed E-state index contributed by atoms with van der Waals surface area (Å²) in [4.78, 5) is 10.6. The van der Waals surface area contributed by atoms with Crippen LogP contribution in [0.1, 0.15) is 31.2 Å². The van der Waals surface area contributed by atoms with Crippen LogP contribution in [0.4, 0.5) is 5.69 Å². The topological polar surface area (TPSA) is 55.2 Å². The molecule has 2 aliphatic carbocycles. The van der Waals surface area contributed by atoms with E-state index in [2.05, 4.69) is 21.2 Å². The second-order valence-corrected chi connectivity index (χ2v) is 6.87. The van der Waals surface area contributed by atoms with Crippen molar-refractivity contribution in [3.8, 4) is 0 Å². The van der Waals surface area contributed by atoms with Gasteiger partial charge in [0.15, 0.2) is 0 Å². The number of benzene rings is 1. The Bertz CT molecular complexity index is 521. The van der Waals surface area contributed by atoms with Crippen LogP contribution in [-0.4, -0.2) is 11.5 Å². The third-order valence-corrected chi connectivity index (χ3v) is 5.78. The maximum atomic E-state index is 10.9. The first-order valence-corrected chi connectivity index (χ1v) is 8.07. The molecular formula is C15H19BrN2O2. The van der Waals surface area contributed by atoms with E-state index in [9.17, 15) is 10.1 Å². The summed E-state index contributed by atoms with van der Waals surface area (Å²) < 4.78 is 0.602. The van der Waals surface area contributed by atoms with E-state index in [-0.39, 0.29) is 10.6 Å². The molecule has 1 aromatic rings. The molecule has 2 bridgehead atoms. The van der Waals surface area contributed by atoms with Crippen LogP contribution >= 0.6 is 15.9 Å². The average Bonchev–Trinajstić information content (AvgIpc) is 3.02. The lowest BCUT2D eigenvalue weighted by Crippen LogP contribution is -2.26. The number of nitrogens with one attached hydrogen (secondary N) is 1. The molecule has 2 saturated carbocycles. The molecule has 108 valence electrons. The Labute approximate surface area is 127 Å². The molecule has 3 unspecified atom stereocenters. The summed E-state index contributed by atoms with van der Waals surface area (Å²) in [5.74, 6) is 2.70. The van der Waals surface area contributed by atoms with Crippen LogP contribution in [0, 0.1) is 27.9 Å². The van der Waals surface area contributed by atoms with Gasteiger partial charge in [0.25, 0.3) is 5.69 Å². The molecule has 2 fully saturated rings. The van der Waals surface area contributed by atoms with E-state index in [1.807, 2.05) is 6.07 Å². The predicted octanol–water partition coefficient (Wildman–Crippen LogP) is 3.88. The van der Waals surface area contributed by atoms with Crippen molar-refractivity contribution < 1.29 is 4.92 Å². The van der Waals surface area contributed by atoms with Crippen molar-refractivity contribution in [1.29, 1.82) is 0 Å². The molecule has 0 aliphatic heterocycles. The molecule has 1 N–H and O–H groups in total. The smallest absolute Gasteiger partial charge is 0.283 e. The van der Waals surface area contributed by atoms with Crippen LogP contribution in [0.2, 0.25) is 0 Å². The van der Waals surface area contributed by atoms with Gasteiger partial charge in [-0.2, -0.15) is 0 Å². The quantitative estimate of drug-likeness (QED) is 0.654. The van der Waals surface area contributed by atoms with Gasteiger partial charge in [0.05, 0.1) is 9.40 Å². The number of nitrogens with zero attached hydrogens (tertiary/aromatic N) is 1. The zero-order valence-corrected chi connectivity index (χ0v) is 12.9. The maximum absolute atomic E-state index is 10.9. The fourth-order valence-corrected chi connectivity index (χ4v) is 4.41. The van der Waals surface area contributed by atoms with Gasteiger partial charge in [-0.3, -0.25) is 10.1 Å². The monoisotopic (exact) mass is 338 g/mol. The Balaban J connectivity index is 1.56. The molecule has 3 atom stereocenters. The van der Waals surface area contributed by atoms with Gasteiger partial charge < -0.3 is 5.32 Å². The van der Waals surface area contributed by atoms with Crippen LogP contribution in [0.25, 0.3) is 0 Å². The molecule has 5 heteroatoms. The largest absolute Gasteiger partial charge is 0.312 e. The highest BCUT2D eigenvalue weighted by Crippen LogP contribution is 2.47. The average molecular weight is 339 g/mol. The van der Waals surface area contributed by atoms with Crippen LogP contribution in [0.5, 0.6) is 0 Å². The maximum Gasteiger partial charge on any atom is 0.283 e. The van der Waals surface area contributed by atoms with Gasteiger partial charge in [0.1, 0.15) is 0 Å². The summed E-state index contributed by atoms with van der Waals surface area (Å²) in [5, 5.41) is 14.4. The van der Waals surface area contributed by atoms with Gasteiger partial charge in [0.2, 0.25) is 0 Å². The first-order chi connectivity index (χ1) is 9.65. The number of rotatable bonds is 5. The fraction of sp³-hybridized carbons (Fsp3) is 0.600. The minimum absolute atomic E-state index is 0.143. The Morgan fingerprint density at radius 3 is 2.85 bits per heavy atom. The molecule has 3 rings (SSSR count). The lowest BCUT2D eigenvalue weighted by atomic mass is 9.89. The molecule has 0 amide bonds. The number of nitro groups is 1. The highest BCUT2D eigenvalue weighted by atomic mass is 79.9. The van der Waals surface area contributed by atoms with E-state index in [0.29, 0.717) is 11.0 Å². The van der Waals surface area contributed by atoms with E-state index < -0.39 is 0 Å². The number of fused-ring (bicyclic) bond motifs is 2. The third-order valence-electron chi connectivity index (χ3n) is 4.86. The SMILES string of the molecule is O=[N+]([O-])c1cccc(CNCC2CC3CCC2C3)c1Br. The highest BCUT2D eigenvalue weighted by molar-refractivity contribution is 9.10. The van der Waals surface area contributed by atoms with Crippen molar-refractivity contribution in [2.45, 2.75) is 32.2 Å². The lowest BCUT2D eigenvalue weighted by Gasteiger charge is -2.22. The van der Waals surface area contributed by atoms with E-state index in [1.165, 1.54) is 31.7 Å². The number of hydrogen-bond acceptors (Lipinski definition) is 3. The van der Waals surface area contributed by atoms with E-state index >= 15 is 0 Å². The fourth-order valence-electron chi connectivity index (χ4n) is 3.86. The number of nitro benzene ring substituents is 1. The molecule has 0 spiro atoms. The zero-order valence-electron chi connectivity index (χ0n) is 11.3. The minimum Gasteiger partial charge on any atom is -0.312 e. The summed E-state index contributed by atoms with van der Waals surface area (Å²) in [6.45, 7) is 1.73. The normalized spacial score (nSPS) is 27.9. The first kappa shape index (κ1) is 14.0. The summed E-state index contributed by atoms with van der Waals surface area (Å²) in [5.41, 5.74) is 1.10. The van der Waals surface area contributed by atoms with Crippen LogP contribution in [0.15, 0.2) is 22.7 Å². The van der Waals surface area contributed by atoms with Gasteiger partial charge in [0, 0.05) is 12.6 Å². The van der Waals surface area contributed by atoms with Crippen molar-refractivity contribution in [2.24, 2.45) is 17.8 Å². The molecule has 0 radical (unpaired) electrons. The van der Waals surface area contributed by atoms with E-state index in [4.69, 9.17) is 0 Å². The second-order valence-electron chi connectivity index (χ2n) is 6.07. The second kappa shape index (κ2) is 5.82. The van der Waals surface area contributed by atoms with E-state index in [0.717, 1.165) is 29.9 Å².